The van der Waals surface area contributed by atoms with Gasteiger partial charge < -0.3 is 5.73 Å². The average Bonchev–Trinajstić information content (AvgIpc) is 2.69. The standard InChI is InChI=1S/C11H15FN2/c1-11(2)8(5-13)10(11)7-3-4-14-6-9(7)12/h3-4,6,8,10H,5,13H2,1-2H3. The van der Waals surface area contributed by atoms with Gasteiger partial charge in [-0.3, -0.25) is 4.98 Å². The van der Waals surface area contributed by atoms with Crippen LogP contribution in [-0.4, -0.2) is 11.5 Å². The van der Waals surface area contributed by atoms with Gasteiger partial charge in [-0.1, -0.05) is 13.8 Å². The molecule has 14 heavy (non-hydrogen) atoms. The summed E-state index contributed by atoms with van der Waals surface area (Å²) in [7, 11) is 0. The van der Waals surface area contributed by atoms with Crippen LogP contribution >= 0.6 is 0 Å². The lowest BCUT2D eigenvalue weighted by molar-refractivity contribution is 0.550. The van der Waals surface area contributed by atoms with E-state index in [0.29, 0.717) is 12.5 Å². The van der Waals surface area contributed by atoms with Crippen LogP contribution in [0.4, 0.5) is 4.39 Å². The Labute approximate surface area is 83.3 Å². The summed E-state index contributed by atoms with van der Waals surface area (Å²) in [6, 6.07) is 1.76. The summed E-state index contributed by atoms with van der Waals surface area (Å²) in [6.45, 7) is 4.89. The van der Waals surface area contributed by atoms with Crippen LogP contribution in [0.15, 0.2) is 18.5 Å². The Hall–Kier alpha value is -0.960. The van der Waals surface area contributed by atoms with Crippen molar-refractivity contribution in [2.75, 3.05) is 6.54 Å². The van der Waals surface area contributed by atoms with Gasteiger partial charge >= 0.3 is 0 Å². The fourth-order valence-electron chi connectivity index (χ4n) is 2.44. The Balaban J connectivity index is 2.31. The highest BCUT2D eigenvalue weighted by Crippen LogP contribution is 2.64. The molecule has 1 aromatic rings. The summed E-state index contributed by atoms with van der Waals surface area (Å²) < 4.78 is 13.4. The molecule has 2 N–H and O–H groups in total. The molecule has 0 aromatic carbocycles. The lowest BCUT2D eigenvalue weighted by Gasteiger charge is -2.03. The van der Waals surface area contributed by atoms with E-state index < -0.39 is 0 Å². The maximum atomic E-state index is 13.4. The van der Waals surface area contributed by atoms with Crippen LogP contribution in [0.1, 0.15) is 25.3 Å². The predicted octanol–water partition coefficient (Wildman–Crippen LogP) is 1.92. The molecule has 1 aliphatic rings. The molecule has 76 valence electrons. The Morgan fingerprint density at radius 3 is 2.79 bits per heavy atom. The minimum Gasteiger partial charge on any atom is -0.330 e. The van der Waals surface area contributed by atoms with Crippen LogP contribution in [0.2, 0.25) is 0 Å². The molecular formula is C11H15FN2. The van der Waals surface area contributed by atoms with Crippen molar-refractivity contribution < 1.29 is 4.39 Å². The Morgan fingerprint density at radius 1 is 1.57 bits per heavy atom. The van der Waals surface area contributed by atoms with Crippen molar-refractivity contribution in [2.24, 2.45) is 17.1 Å². The lowest BCUT2D eigenvalue weighted by atomic mass is 10.0. The van der Waals surface area contributed by atoms with Gasteiger partial charge in [0.1, 0.15) is 5.82 Å². The molecule has 0 saturated heterocycles. The highest BCUT2D eigenvalue weighted by Gasteiger charge is 2.57. The number of rotatable bonds is 2. The molecule has 0 aliphatic heterocycles. The third kappa shape index (κ3) is 1.23. The van der Waals surface area contributed by atoms with E-state index >= 15 is 0 Å². The van der Waals surface area contributed by atoms with Crippen molar-refractivity contribution in [3.63, 3.8) is 0 Å². The van der Waals surface area contributed by atoms with Gasteiger partial charge in [-0.15, -0.1) is 0 Å². The smallest absolute Gasteiger partial charge is 0.144 e. The summed E-state index contributed by atoms with van der Waals surface area (Å²) in [5.74, 6) is 0.455. The van der Waals surface area contributed by atoms with Gasteiger partial charge in [0.15, 0.2) is 0 Å². The molecule has 0 bridgehead atoms. The zero-order valence-electron chi connectivity index (χ0n) is 8.50. The van der Waals surface area contributed by atoms with Gasteiger partial charge in [-0.2, -0.15) is 0 Å². The van der Waals surface area contributed by atoms with Crippen molar-refractivity contribution in [3.05, 3.63) is 29.8 Å². The second-order valence-electron chi connectivity index (χ2n) is 4.54. The molecule has 2 rings (SSSR count). The predicted molar refractivity (Wildman–Crippen MR) is 53.3 cm³/mol. The quantitative estimate of drug-likeness (QED) is 0.781. The molecule has 2 nitrogen and oxygen atoms in total. The van der Waals surface area contributed by atoms with Gasteiger partial charge in [0, 0.05) is 6.20 Å². The normalized spacial score (nSPS) is 28.9. The van der Waals surface area contributed by atoms with Gasteiger partial charge in [0.2, 0.25) is 0 Å². The minimum atomic E-state index is -0.207. The molecule has 2 unspecified atom stereocenters. The average molecular weight is 194 g/mol. The number of pyridine rings is 1. The topological polar surface area (TPSA) is 38.9 Å². The van der Waals surface area contributed by atoms with Crippen molar-refractivity contribution in [1.82, 2.24) is 4.98 Å². The van der Waals surface area contributed by atoms with E-state index in [1.165, 1.54) is 6.20 Å². The fraction of sp³-hybridized carbons (Fsp3) is 0.545. The first-order valence-corrected chi connectivity index (χ1v) is 4.88. The first kappa shape index (κ1) is 9.59. The molecule has 1 fully saturated rings. The van der Waals surface area contributed by atoms with Crippen LogP contribution in [0.5, 0.6) is 0 Å². The molecule has 1 heterocycles. The van der Waals surface area contributed by atoms with Crippen molar-refractivity contribution in [1.29, 1.82) is 0 Å². The van der Waals surface area contributed by atoms with Crippen LogP contribution in [-0.2, 0) is 0 Å². The Bertz CT molecular complexity index is 349. The largest absolute Gasteiger partial charge is 0.330 e. The number of hydrogen-bond acceptors (Lipinski definition) is 2. The van der Waals surface area contributed by atoms with Gasteiger partial charge in [-0.05, 0) is 35.4 Å². The van der Waals surface area contributed by atoms with E-state index in [1.54, 1.807) is 12.3 Å². The molecule has 1 saturated carbocycles. The zero-order chi connectivity index (χ0) is 10.3. The Morgan fingerprint density at radius 2 is 2.29 bits per heavy atom. The SMILES string of the molecule is CC1(C)C(CN)C1c1ccncc1F. The highest BCUT2D eigenvalue weighted by atomic mass is 19.1. The number of aromatic nitrogens is 1. The summed E-state index contributed by atoms with van der Waals surface area (Å²) >= 11 is 0. The third-order valence-corrected chi connectivity index (χ3v) is 3.44. The van der Waals surface area contributed by atoms with Crippen molar-refractivity contribution >= 4 is 0 Å². The Kier molecular flexibility index (Phi) is 2.07. The number of hydrogen-bond donors (Lipinski definition) is 1. The summed E-state index contributed by atoms with van der Waals surface area (Å²) in [5, 5.41) is 0. The molecular weight excluding hydrogens is 179 g/mol. The molecule has 1 aliphatic carbocycles. The van der Waals surface area contributed by atoms with Crippen LogP contribution in [0, 0.1) is 17.2 Å². The molecule has 2 atom stereocenters. The maximum Gasteiger partial charge on any atom is 0.144 e. The molecule has 3 heteroatoms. The molecule has 0 radical (unpaired) electrons. The number of nitrogens with two attached hydrogens (primary N) is 1. The van der Waals surface area contributed by atoms with Gasteiger partial charge in [0.05, 0.1) is 6.20 Å². The zero-order valence-corrected chi connectivity index (χ0v) is 8.50. The minimum absolute atomic E-state index is 0.136. The third-order valence-electron chi connectivity index (χ3n) is 3.44. The first-order valence-electron chi connectivity index (χ1n) is 4.88. The first-order chi connectivity index (χ1) is 6.59. The van der Waals surface area contributed by atoms with E-state index in [0.717, 1.165) is 5.56 Å². The lowest BCUT2D eigenvalue weighted by Crippen LogP contribution is -2.05. The van der Waals surface area contributed by atoms with Crippen LogP contribution in [0.3, 0.4) is 0 Å². The number of nitrogens with zero attached hydrogens (tertiary/aromatic N) is 1. The van der Waals surface area contributed by atoms with Crippen LogP contribution in [0.25, 0.3) is 0 Å². The van der Waals surface area contributed by atoms with E-state index in [2.05, 4.69) is 18.8 Å². The summed E-state index contributed by atoms with van der Waals surface area (Å²) in [6.07, 6.45) is 2.91. The van der Waals surface area contributed by atoms with Crippen molar-refractivity contribution in [3.8, 4) is 0 Å². The number of halogens is 1. The van der Waals surface area contributed by atoms with E-state index in [-0.39, 0.29) is 17.2 Å². The highest BCUT2D eigenvalue weighted by molar-refractivity contribution is 5.31. The van der Waals surface area contributed by atoms with Gasteiger partial charge in [0.25, 0.3) is 0 Å². The van der Waals surface area contributed by atoms with Crippen LogP contribution < -0.4 is 5.73 Å². The van der Waals surface area contributed by atoms with E-state index in [9.17, 15) is 4.39 Å². The monoisotopic (exact) mass is 194 g/mol. The van der Waals surface area contributed by atoms with Crippen molar-refractivity contribution in [2.45, 2.75) is 19.8 Å². The summed E-state index contributed by atoms with van der Waals surface area (Å²) in [4.78, 5) is 3.75. The molecule has 1 aromatic heterocycles. The second-order valence-corrected chi connectivity index (χ2v) is 4.54. The fourth-order valence-corrected chi connectivity index (χ4v) is 2.44. The van der Waals surface area contributed by atoms with E-state index in [4.69, 9.17) is 5.73 Å². The molecule has 0 amide bonds. The second kappa shape index (κ2) is 3.02. The van der Waals surface area contributed by atoms with E-state index in [1.807, 2.05) is 0 Å². The van der Waals surface area contributed by atoms with Gasteiger partial charge in [-0.25, -0.2) is 4.39 Å². The summed E-state index contributed by atoms with van der Waals surface area (Å²) in [5.41, 5.74) is 6.55. The maximum absolute atomic E-state index is 13.4. The molecule has 0 spiro atoms.